The number of nitrogens with one attached hydrogen (secondary N) is 1. The fourth-order valence-corrected chi connectivity index (χ4v) is 2.17. The van der Waals surface area contributed by atoms with Crippen molar-refractivity contribution in [2.24, 2.45) is 5.11 Å². The summed E-state index contributed by atoms with van der Waals surface area (Å²) >= 11 is 0. The first-order chi connectivity index (χ1) is 10.0. The summed E-state index contributed by atoms with van der Waals surface area (Å²) < 4.78 is 0. The highest BCUT2D eigenvalue weighted by Crippen LogP contribution is 2.32. The van der Waals surface area contributed by atoms with Crippen LogP contribution in [-0.2, 0) is 0 Å². The molecule has 0 unspecified atom stereocenters. The van der Waals surface area contributed by atoms with Gasteiger partial charge in [-0.05, 0) is 48.7 Å². The van der Waals surface area contributed by atoms with Crippen molar-refractivity contribution >= 4 is 23.0 Å². The topological polar surface area (TPSA) is 98.1 Å². The summed E-state index contributed by atoms with van der Waals surface area (Å²) in [6.07, 6.45) is 0. The zero-order chi connectivity index (χ0) is 15.4. The molecule has 2 aromatic rings. The van der Waals surface area contributed by atoms with E-state index in [4.69, 9.17) is 5.53 Å². The van der Waals surface area contributed by atoms with E-state index in [2.05, 4.69) is 15.3 Å². The first-order valence-electron chi connectivity index (χ1n) is 6.28. The van der Waals surface area contributed by atoms with E-state index in [9.17, 15) is 9.90 Å². The van der Waals surface area contributed by atoms with Crippen molar-refractivity contribution in [1.82, 2.24) is 0 Å². The minimum Gasteiger partial charge on any atom is -0.478 e. The van der Waals surface area contributed by atoms with Gasteiger partial charge >= 0.3 is 5.97 Å². The van der Waals surface area contributed by atoms with Gasteiger partial charge in [0.2, 0.25) is 0 Å². The van der Waals surface area contributed by atoms with E-state index in [1.807, 2.05) is 32.0 Å². The lowest BCUT2D eigenvalue weighted by atomic mass is 10.1. The lowest BCUT2D eigenvalue weighted by molar-refractivity contribution is 0.0698. The predicted molar refractivity (Wildman–Crippen MR) is 81.4 cm³/mol. The maximum atomic E-state index is 11.3. The monoisotopic (exact) mass is 282 g/mol. The van der Waals surface area contributed by atoms with Gasteiger partial charge in [-0.3, -0.25) is 0 Å². The van der Waals surface area contributed by atoms with E-state index in [0.29, 0.717) is 0 Å². The normalized spacial score (nSPS) is 9.81. The van der Waals surface area contributed by atoms with Crippen LogP contribution >= 0.6 is 0 Å². The van der Waals surface area contributed by atoms with Crippen molar-refractivity contribution in [3.8, 4) is 0 Å². The number of azide groups is 1. The SMILES string of the molecule is Cc1cc(C)cc(Nc2c(N=[N+]=[N-])cccc2C(=O)O)c1. The molecule has 0 radical (unpaired) electrons. The van der Waals surface area contributed by atoms with Crippen LogP contribution in [0.5, 0.6) is 0 Å². The second-order valence-corrected chi connectivity index (χ2v) is 4.70. The Labute approximate surface area is 121 Å². The Balaban J connectivity index is 2.55. The first kappa shape index (κ1) is 14.4. The highest BCUT2D eigenvalue weighted by Gasteiger charge is 2.13. The van der Waals surface area contributed by atoms with Crippen molar-refractivity contribution in [3.63, 3.8) is 0 Å². The summed E-state index contributed by atoms with van der Waals surface area (Å²) in [4.78, 5) is 14.1. The molecule has 0 saturated carbocycles. The summed E-state index contributed by atoms with van der Waals surface area (Å²) in [5.74, 6) is -1.09. The van der Waals surface area contributed by atoms with Gasteiger partial charge in [0.25, 0.3) is 0 Å². The number of carboxylic acids is 1. The van der Waals surface area contributed by atoms with Gasteiger partial charge in [0.05, 0.1) is 16.9 Å². The van der Waals surface area contributed by atoms with Gasteiger partial charge in [-0.15, -0.1) is 0 Å². The first-order valence-corrected chi connectivity index (χ1v) is 6.28. The summed E-state index contributed by atoms with van der Waals surface area (Å²) in [5.41, 5.74) is 12.0. The Bertz CT molecular complexity index is 709. The molecule has 0 amide bonds. The van der Waals surface area contributed by atoms with Crippen LogP contribution in [0.3, 0.4) is 0 Å². The number of para-hydroxylation sites is 1. The molecule has 0 aliphatic carbocycles. The van der Waals surface area contributed by atoms with Crippen molar-refractivity contribution in [3.05, 3.63) is 63.5 Å². The Morgan fingerprint density at radius 2 is 1.90 bits per heavy atom. The van der Waals surface area contributed by atoms with E-state index < -0.39 is 5.97 Å². The molecule has 6 heteroatoms. The van der Waals surface area contributed by atoms with Crippen LogP contribution in [0, 0.1) is 13.8 Å². The third-order valence-corrected chi connectivity index (χ3v) is 2.92. The van der Waals surface area contributed by atoms with Crippen molar-refractivity contribution in [2.75, 3.05) is 5.32 Å². The Morgan fingerprint density at radius 3 is 2.48 bits per heavy atom. The van der Waals surface area contributed by atoms with Crippen LogP contribution in [0.15, 0.2) is 41.5 Å². The molecule has 2 rings (SSSR count). The number of carboxylic acid groups (broad SMARTS) is 1. The van der Waals surface area contributed by atoms with E-state index in [-0.39, 0.29) is 16.9 Å². The molecule has 0 spiro atoms. The summed E-state index contributed by atoms with van der Waals surface area (Å²) in [6, 6.07) is 10.4. The molecule has 6 nitrogen and oxygen atoms in total. The number of aromatic carboxylic acids is 1. The molecule has 0 saturated heterocycles. The highest BCUT2D eigenvalue weighted by atomic mass is 16.4. The zero-order valence-electron chi connectivity index (χ0n) is 11.7. The molecule has 0 aliphatic rings. The number of benzene rings is 2. The molecule has 21 heavy (non-hydrogen) atoms. The van der Waals surface area contributed by atoms with Gasteiger partial charge in [0.1, 0.15) is 0 Å². The summed E-state index contributed by atoms with van der Waals surface area (Å²) in [6.45, 7) is 3.91. The van der Waals surface area contributed by atoms with Crippen LogP contribution in [0.1, 0.15) is 21.5 Å². The Morgan fingerprint density at radius 1 is 1.24 bits per heavy atom. The molecule has 0 heterocycles. The third-order valence-electron chi connectivity index (χ3n) is 2.92. The van der Waals surface area contributed by atoms with Crippen LogP contribution in [0.4, 0.5) is 17.1 Å². The summed E-state index contributed by atoms with van der Waals surface area (Å²) in [5, 5.41) is 15.9. The van der Waals surface area contributed by atoms with E-state index in [1.165, 1.54) is 6.07 Å². The second kappa shape index (κ2) is 5.98. The molecule has 0 atom stereocenters. The van der Waals surface area contributed by atoms with Gasteiger partial charge in [-0.25, -0.2) is 4.79 Å². The fourth-order valence-electron chi connectivity index (χ4n) is 2.17. The molecule has 106 valence electrons. The van der Waals surface area contributed by atoms with Gasteiger partial charge in [-0.1, -0.05) is 23.3 Å². The minimum atomic E-state index is -1.09. The number of rotatable bonds is 4. The molecule has 0 bridgehead atoms. The molecular formula is C15H14N4O2. The number of aryl methyl sites for hydroxylation is 2. The number of hydrogen-bond acceptors (Lipinski definition) is 3. The van der Waals surface area contributed by atoms with Crippen LogP contribution < -0.4 is 5.32 Å². The van der Waals surface area contributed by atoms with Crippen LogP contribution in [0.25, 0.3) is 10.4 Å². The minimum absolute atomic E-state index is 0.0547. The van der Waals surface area contributed by atoms with E-state index in [1.54, 1.807) is 12.1 Å². The van der Waals surface area contributed by atoms with Crippen molar-refractivity contribution in [2.45, 2.75) is 13.8 Å². The smallest absolute Gasteiger partial charge is 0.337 e. The molecule has 2 aromatic carbocycles. The number of hydrogen-bond donors (Lipinski definition) is 2. The molecule has 0 aromatic heterocycles. The lowest BCUT2D eigenvalue weighted by Gasteiger charge is -2.13. The number of carbonyl (C=O) groups is 1. The zero-order valence-corrected chi connectivity index (χ0v) is 11.7. The van der Waals surface area contributed by atoms with Crippen LogP contribution in [-0.4, -0.2) is 11.1 Å². The number of anilines is 2. The predicted octanol–water partition coefficient (Wildman–Crippen LogP) is 4.69. The third kappa shape index (κ3) is 3.32. The van der Waals surface area contributed by atoms with Crippen LogP contribution in [0.2, 0.25) is 0 Å². The van der Waals surface area contributed by atoms with Crippen molar-refractivity contribution < 1.29 is 9.90 Å². The quantitative estimate of drug-likeness (QED) is 0.483. The Hall–Kier alpha value is -2.98. The van der Waals surface area contributed by atoms with Gasteiger partial charge < -0.3 is 10.4 Å². The van der Waals surface area contributed by atoms with Gasteiger partial charge in [0.15, 0.2) is 0 Å². The van der Waals surface area contributed by atoms with E-state index >= 15 is 0 Å². The van der Waals surface area contributed by atoms with Gasteiger partial charge in [0, 0.05) is 10.6 Å². The fraction of sp³-hybridized carbons (Fsp3) is 0.133. The summed E-state index contributed by atoms with van der Waals surface area (Å²) in [7, 11) is 0. The average molecular weight is 282 g/mol. The molecule has 0 aliphatic heterocycles. The highest BCUT2D eigenvalue weighted by molar-refractivity contribution is 5.98. The van der Waals surface area contributed by atoms with Gasteiger partial charge in [-0.2, -0.15) is 0 Å². The molecular weight excluding hydrogens is 268 g/mol. The van der Waals surface area contributed by atoms with Crippen molar-refractivity contribution in [1.29, 1.82) is 0 Å². The standard InChI is InChI=1S/C15H14N4O2/c1-9-6-10(2)8-11(7-9)17-14-12(15(20)21)4-3-5-13(14)18-19-16/h3-8,17H,1-2H3,(H,20,21). The second-order valence-electron chi connectivity index (χ2n) is 4.70. The lowest BCUT2D eigenvalue weighted by Crippen LogP contribution is -2.03. The molecule has 0 fully saturated rings. The maximum Gasteiger partial charge on any atom is 0.337 e. The molecule has 2 N–H and O–H groups in total. The Kier molecular flexibility index (Phi) is 4.11. The maximum absolute atomic E-state index is 11.3. The van der Waals surface area contributed by atoms with E-state index in [0.717, 1.165) is 16.8 Å². The largest absolute Gasteiger partial charge is 0.478 e. The number of nitrogens with zero attached hydrogens (tertiary/aromatic N) is 3. The average Bonchev–Trinajstić information content (AvgIpc) is 2.39.